The van der Waals surface area contributed by atoms with Gasteiger partial charge in [0.15, 0.2) is 0 Å². The number of pyridine rings is 3. The fourth-order valence-corrected chi connectivity index (χ4v) is 8.28. The largest absolute Gasteiger partial charge is 0.480 e. The highest BCUT2D eigenvalue weighted by atomic mass is 16.6. The van der Waals surface area contributed by atoms with E-state index in [4.69, 9.17) is 21.7 Å². The van der Waals surface area contributed by atoms with Gasteiger partial charge in [-0.3, -0.25) is 34.7 Å². The second-order valence-electron chi connectivity index (χ2n) is 16.2. The van der Waals surface area contributed by atoms with Crippen molar-refractivity contribution >= 4 is 50.3 Å². The number of benzene rings is 3. The Hall–Kier alpha value is -8.01. The highest BCUT2D eigenvalue weighted by Gasteiger charge is 2.26. The predicted molar refractivity (Wildman–Crippen MR) is 258 cm³/mol. The Bertz CT molecular complexity index is 3230. The van der Waals surface area contributed by atoms with Crippen LogP contribution in [0.2, 0.25) is 0 Å². The average molecular weight is 886 g/mol. The number of carbonyl (C=O) groups is 2. The number of fused-ring (bicyclic) bond motifs is 3. The second kappa shape index (κ2) is 19.4. The Balaban J connectivity index is 0.000000150. The predicted octanol–water partition coefficient (Wildman–Crippen LogP) is 8.46. The molecule has 0 saturated heterocycles. The Labute approximate surface area is 380 Å². The van der Waals surface area contributed by atoms with E-state index in [1.165, 1.54) is 33.8 Å². The molecule has 336 valence electrons. The molecule has 0 spiro atoms. The number of hydrogen-bond acceptors (Lipinski definition) is 9. The number of aryl methyl sites for hydroxylation is 4. The third kappa shape index (κ3) is 9.43. The topological polar surface area (TPSA) is 223 Å². The van der Waals surface area contributed by atoms with E-state index in [1.54, 1.807) is 50.9 Å². The molecule has 3 aromatic carbocycles. The van der Waals surface area contributed by atoms with Crippen molar-refractivity contribution < 1.29 is 24.7 Å². The monoisotopic (exact) mass is 885 g/mol. The van der Waals surface area contributed by atoms with Crippen LogP contribution in [0.4, 0.5) is 5.69 Å². The summed E-state index contributed by atoms with van der Waals surface area (Å²) in [6.45, 7) is 5.93. The van der Waals surface area contributed by atoms with Crippen molar-refractivity contribution in [2.75, 3.05) is 0 Å². The first-order valence-electron chi connectivity index (χ1n) is 21.1. The van der Waals surface area contributed by atoms with E-state index >= 15 is 0 Å². The van der Waals surface area contributed by atoms with Crippen LogP contribution < -0.4 is 11.5 Å². The molecule has 6 heterocycles. The minimum atomic E-state index is -1.14. The van der Waals surface area contributed by atoms with Gasteiger partial charge in [0.2, 0.25) is 0 Å². The Morgan fingerprint density at radius 1 is 0.576 bits per heavy atom. The van der Waals surface area contributed by atoms with Crippen molar-refractivity contribution in [2.45, 2.75) is 45.7 Å². The molecule has 0 aliphatic heterocycles. The second-order valence-corrected chi connectivity index (χ2v) is 16.2. The van der Waals surface area contributed by atoms with Gasteiger partial charge in [0.25, 0.3) is 5.69 Å². The number of non-ortho nitro benzene ring substituents is 1. The number of nitrogens with two attached hydrogens (primary N) is 2. The number of aliphatic carboxylic acids is 2. The molecule has 9 rings (SSSR count). The quantitative estimate of drug-likeness (QED) is 0.0753. The van der Waals surface area contributed by atoms with Gasteiger partial charge in [-0.25, -0.2) is 0 Å². The zero-order valence-electron chi connectivity index (χ0n) is 37.5. The van der Waals surface area contributed by atoms with Crippen LogP contribution in [-0.2, 0) is 43.6 Å². The molecule has 6 N–H and O–H groups in total. The van der Waals surface area contributed by atoms with Gasteiger partial charge in [0.05, 0.1) is 15.8 Å². The standard InChI is InChI=1S/C18H18N4O4.C18H19N3O2.C15H14N2/c1-10-13(9-14(19)18(23)24)17-15(21(10)2)7-12(8-16(17)22(25)26)11-3-5-20-6-4-11;1-11-15(10-16(19)18(22)23)14-4-3-13(9-17(14)21(11)2)12-5-7-20-8-6-12;1-11-9-14-4-3-13(10-15(14)17(11)2)12-5-7-16-8-6-12/h3-8,14H,9,19H2,1-2H3,(H,23,24);3-9,16H,10,19H2,1-2H3,(H,22,23);3-10H,1-2H3. The van der Waals surface area contributed by atoms with Crippen LogP contribution in [0.1, 0.15) is 28.2 Å². The summed E-state index contributed by atoms with van der Waals surface area (Å²) < 4.78 is 6.14. The number of aromatic nitrogens is 6. The SMILES string of the molecule is Cc1c(CC(N)C(=O)O)c2c([N+](=O)[O-])cc(-c3ccncc3)cc2n1C.Cc1c(CC(N)C(=O)O)c2ccc(-c3ccncc3)cc2n1C.Cc1cc2ccc(-c3ccncc3)cc2n1C. The number of carboxylic acids is 2. The molecule has 2 unspecified atom stereocenters. The minimum Gasteiger partial charge on any atom is -0.480 e. The molecule has 0 fully saturated rings. The van der Waals surface area contributed by atoms with E-state index in [1.807, 2.05) is 73.4 Å². The molecule has 2 atom stereocenters. The van der Waals surface area contributed by atoms with Crippen molar-refractivity contribution in [2.24, 2.45) is 32.6 Å². The van der Waals surface area contributed by atoms with E-state index in [-0.39, 0.29) is 12.1 Å². The molecule has 15 nitrogen and oxygen atoms in total. The van der Waals surface area contributed by atoms with Crippen molar-refractivity contribution in [1.29, 1.82) is 0 Å². The fraction of sp³-hybridized carbons (Fsp3) is 0.196. The van der Waals surface area contributed by atoms with Gasteiger partial charge in [0, 0.05) is 111 Å². The van der Waals surface area contributed by atoms with E-state index in [9.17, 15) is 19.7 Å². The summed E-state index contributed by atoms with van der Waals surface area (Å²) in [5.74, 6) is -2.12. The Kier molecular flexibility index (Phi) is 13.5. The number of nitro benzene ring substituents is 1. The van der Waals surface area contributed by atoms with E-state index in [0.29, 0.717) is 28.5 Å². The molecule has 66 heavy (non-hydrogen) atoms. The average Bonchev–Trinajstić information content (AvgIpc) is 3.85. The van der Waals surface area contributed by atoms with Crippen LogP contribution in [0.25, 0.3) is 66.1 Å². The summed E-state index contributed by atoms with van der Waals surface area (Å²) in [6.07, 6.45) is 10.8. The number of carboxylic acid groups (broad SMARTS) is 2. The maximum Gasteiger partial charge on any atom is 0.320 e. The third-order valence-corrected chi connectivity index (χ3v) is 12.3. The van der Waals surface area contributed by atoms with E-state index in [2.05, 4.69) is 68.4 Å². The Morgan fingerprint density at radius 3 is 1.53 bits per heavy atom. The number of nitrogens with zero attached hydrogens (tertiary/aromatic N) is 7. The smallest absolute Gasteiger partial charge is 0.320 e. The lowest BCUT2D eigenvalue weighted by atomic mass is 9.99. The van der Waals surface area contributed by atoms with Crippen molar-refractivity contribution in [3.8, 4) is 33.4 Å². The molecule has 6 aromatic heterocycles. The fourth-order valence-electron chi connectivity index (χ4n) is 8.28. The van der Waals surface area contributed by atoms with Crippen LogP contribution in [-0.4, -0.2) is 67.8 Å². The lowest BCUT2D eigenvalue weighted by Crippen LogP contribution is -2.32. The molecular formula is C51H51N9O6. The maximum absolute atomic E-state index is 11.7. The van der Waals surface area contributed by atoms with Gasteiger partial charge in [-0.2, -0.15) is 0 Å². The highest BCUT2D eigenvalue weighted by Crippen LogP contribution is 2.38. The summed E-state index contributed by atoms with van der Waals surface area (Å²) in [5.41, 5.74) is 25.2. The van der Waals surface area contributed by atoms with Crippen molar-refractivity contribution in [1.82, 2.24) is 28.7 Å². The van der Waals surface area contributed by atoms with Crippen LogP contribution in [0.5, 0.6) is 0 Å². The summed E-state index contributed by atoms with van der Waals surface area (Å²) >= 11 is 0. The van der Waals surface area contributed by atoms with Crippen LogP contribution in [0.3, 0.4) is 0 Å². The van der Waals surface area contributed by atoms with E-state index in [0.717, 1.165) is 44.5 Å². The van der Waals surface area contributed by atoms with Crippen LogP contribution in [0, 0.1) is 30.9 Å². The zero-order chi connectivity index (χ0) is 47.4. The van der Waals surface area contributed by atoms with Gasteiger partial charge in [-0.05, 0) is 131 Å². The molecule has 0 aliphatic rings. The van der Waals surface area contributed by atoms with Gasteiger partial charge in [0.1, 0.15) is 12.1 Å². The van der Waals surface area contributed by atoms with Gasteiger partial charge in [-0.1, -0.05) is 24.3 Å². The lowest BCUT2D eigenvalue weighted by Gasteiger charge is -2.07. The summed E-state index contributed by atoms with van der Waals surface area (Å²) in [7, 11) is 5.89. The van der Waals surface area contributed by atoms with Crippen molar-refractivity contribution in [3.63, 3.8) is 0 Å². The third-order valence-electron chi connectivity index (χ3n) is 12.3. The maximum atomic E-state index is 11.7. The number of nitro groups is 1. The molecule has 0 amide bonds. The first kappa shape index (κ1) is 46.0. The van der Waals surface area contributed by atoms with E-state index < -0.39 is 28.9 Å². The molecule has 0 bridgehead atoms. The van der Waals surface area contributed by atoms with Gasteiger partial charge < -0.3 is 35.4 Å². The molecule has 15 heteroatoms. The van der Waals surface area contributed by atoms with Crippen LogP contribution in [0.15, 0.2) is 128 Å². The molecule has 9 aromatic rings. The molecular weight excluding hydrogens is 835 g/mol. The lowest BCUT2D eigenvalue weighted by molar-refractivity contribution is -0.383. The molecule has 0 saturated carbocycles. The van der Waals surface area contributed by atoms with Gasteiger partial charge >= 0.3 is 11.9 Å². The minimum absolute atomic E-state index is 0.0218. The van der Waals surface area contributed by atoms with Gasteiger partial charge in [-0.15, -0.1) is 0 Å². The Morgan fingerprint density at radius 2 is 1.02 bits per heavy atom. The number of hydrogen-bond donors (Lipinski definition) is 4. The highest BCUT2D eigenvalue weighted by molar-refractivity contribution is 5.98. The molecule has 0 radical (unpaired) electrons. The summed E-state index contributed by atoms with van der Waals surface area (Å²) in [5, 5.41) is 32.7. The normalized spacial score (nSPS) is 12.0. The zero-order valence-corrected chi connectivity index (χ0v) is 37.5. The summed E-state index contributed by atoms with van der Waals surface area (Å²) in [4.78, 5) is 45.5. The first-order chi connectivity index (χ1) is 31.5. The van der Waals surface area contributed by atoms with Crippen molar-refractivity contribution in [3.05, 3.63) is 166 Å². The first-order valence-corrected chi connectivity index (χ1v) is 21.1. The molecule has 0 aliphatic carbocycles. The van der Waals surface area contributed by atoms with Crippen LogP contribution >= 0.6 is 0 Å². The summed E-state index contributed by atoms with van der Waals surface area (Å²) in [6, 6.07) is 27.9. The number of rotatable bonds is 10.